The molecule has 0 aliphatic rings. The van der Waals surface area contributed by atoms with Gasteiger partial charge in [0.15, 0.2) is 0 Å². The van der Waals surface area contributed by atoms with Gasteiger partial charge in [-0.1, -0.05) is 28.1 Å². The molecule has 7 heteroatoms. The van der Waals surface area contributed by atoms with Gasteiger partial charge in [-0.3, -0.25) is 14.3 Å². The fourth-order valence-corrected chi connectivity index (χ4v) is 2.76. The van der Waals surface area contributed by atoms with Gasteiger partial charge in [-0.25, -0.2) is 0 Å². The molecule has 0 radical (unpaired) electrons. The summed E-state index contributed by atoms with van der Waals surface area (Å²) < 4.78 is 2.48. The molecule has 1 aromatic carbocycles. The first-order valence-electron chi connectivity index (χ1n) is 7.10. The highest BCUT2D eigenvalue weighted by molar-refractivity contribution is 9.10. The average Bonchev–Trinajstić information content (AvgIpc) is 2.75. The third-order valence-corrected chi connectivity index (χ3v) is 3.82. The summed E-state index contributed by atoms with van der Waals surface area (Å²) >= 11 is 3.37. The van der Waals surface area contributed by atoms with Gasteiger partial charge in [0.05, 0.1) is 5.69 Å². The molecule has 0 unspecified atom stereocenters. The van der Waals surface area contributed by atoms with Gasteiger partial charge in [0.1, 0.15) is 13.1 Å². The third kappa shape index (κ3) is 4.92. The molecule has 2 aromatic rings. The SMILES string of the molecule is Cc1cc(C)n(CC(=O)N(CC(=O)O)Cc2cccc(Br)c2)n1. The molecule has 0 saturated heterocycles. The number of carbonyl (C=O) groups is 2. The smallest absolute Gasteiger partial charge is 0.323 e. The van der Waals surface area contributed by atoms with Gasteiger partial charge in [-0.2, -0.15) is 5.10 Å². The Labute approximate surface area is 142 Å². The number of amides is 1. The number of carbonyl (C=O) groups excluding carboxylic acids is 1. The van der Waals surface area contributed by atoms with Crippen molar-refractivity contribution in [1.82, 2.24) is 14.7 Å². The highest BCUT2D eigenvalue weighted by atomic mass is 79.9. The molecule has 0 saturated carbocycles. The molecule has 0 spiro atoms. The lowest BCUT2D eigenvalue weighted by atomic mass is 10.2. The van der Waals surface area contributed by atoms with E-state index in [0.717, 1.165) is 21.4 Å². The number of carboxylic acids is 1. The minimum atomic E-state index is -1.04. The van der Waals surface area contributed by atoms with Crippen LogP contribution in [0.1, 0.15) is 17.0 Å². The lowest BCUT2D eigenvalue weighted by Crippen LogP contribution is -2.37. The predicted molar refractivity (Wildman–Crippen MR) is 88.9 cm³/mol. The average molecular weight is 380 g/mol. The van der Waals surface area contributed by atoms with E-state index >= 15 is 0 Å². The van der Waals surface area contributed by atoms with Crippen molar-refractivity contribution >= 4 is 27.8 Å². The number of halogens is 1. The van der Waals surface area contributed by atoms with E-state index in [1.807, 2.05) is 44.2 Å². The van der Waals surface area contributed by atoms with Crippen LogP contribution in [0.15, 0.2) is 34.8 Å². The van der Waals surface area contributed by atoms with E-state index in [1.165, 1.54) is 4.90 Å². The normalized spacial score (nSPS) is 10.6. The van der Waals surface area contributed by atoms with E-state index in [-0.39, 0.29) is 25.5 Å². The third-order valence-electron chi connectivity index (χ3n) is 3.33. The molecular formula is C16H18BrN3O3. The molecule has 122 valence electrons. The Morgan fingerprint density at radius 1 is 1.30 bits per heavy atom. The van der Waals surface area contributed by atoms with Gasteiger partial charge >= 0.3 is 5.97 Å². The molecule has 1 N–H and O–H groups in total. The van der Waals surface area contributed by atoms with Crippen molar-refractivity contribution < 1.29 is 14.7 Å². The Morgan fingerprint density at radius 3 is 2.61 bits per heavy atom. The maximum atomic E-state index is 12.5. The second-order valence-electron chi connectivity index (χ2n) is 5.36. The maximum absolute atomic E-state index is 12.5. The Hall–Kier alpha value is -2.15. The van der Waals surface area contributed by atoms with Crippen LogP contribution in [-0.4, -0.2) is 38.2 Å². The van der Waals surface area contributed by atoms with Gasteiger partial charge in [0.25, 0.3) is 0 Å². The first-order chi connectivity index (χ1) is 10.8. The Morgan fingerprint density at radius 2 is 2.04 bits per heavy atom. The zero-order chi connectivity index (χ0) is 17.0. The van der Waals surface area contributed by atoms with Crippen molar-refractivity contribution in [2.75, 3.05) is 6.54 Å². The Balaban J connectivity index is 2.15. The number of aryl methyl sites for hydroxylation is 2. The summed E-state index contributed by atoms with van der Waals surface area (Å²) in [6.07, 6.45) is 0. The van der Waals surface area contributed by atoms with Crippen LogP contribution in [-0.2, 0) is 22.7 Å². The fraction of sp³-hybridized carbons (Fsp3) is 0.312. The predicted octanol–water partition coefficient (Wildman–Crippen LogP) is 2.38. The van der Waals surface area contributed by atoms with Crippen LogP contribution < -0.4 is 0 Å². The summed E-state index contributed by atoms with van der Waals surface area (Å²) in [5, 5.41) is 13.3. The second-order valence-corrected chi connectivity index (χ2v) is 6.27. The molecule has 0 bridgehead atoms. The van der Waals surface area contributed by atoms with Crippen molar-refractivity contribution in [3.63, 3.8) is 0 Å². The van der Waals surface area contributed by atoms with E-state index in [0.29, 0.717) is 0 Å². The van der Waals surface area contributed by atoms with Gasteiger partial charge in [0.2, 0.25) is 5.91 Å². The maximum Gasteiger partial charge on any atom is 0.323 e. The number of hydrogen-bond acceptors (Lipinski definition) is 3. The quantitative estimate of drug-likeness (QED) is 0.835. The summed E-state index contributed by atoms with van der Waals surface area (Å²) in [7, 11) is 0. The van der Waals surface area contributed by atoms with Crippen LogP contribution in [0.25, 0.3) is 0 Å². The largest absolute Gasteiger partial charge is 0.480 e. The molecule has 0 atom stereocenters. The monoisotopic (exact) mass is 379 g/mol. The summed E-state index contributed by atoms with van der Waals surface area (Å²) in [6.45, 7) is 3.64. The zero-order valence-corrected chi connectivity index (χ0v) is 14.6. The molecule has 0 aliphatic carbocycles. The van der Waals surface area contributed by atoms with Crippen LogP contribution >= 0.6 is 15.9 Å². The lowest BCUT2D eigenvalue weighted by molar-refractivity contribution is -0.145. The summed E-state index contributed by atoms with van der Waals surface area (Å²) in [5.41, 5.74) is 2.56. The van der Waals surface area contributed by atoms with Crippen LogP contribution in [0, 0.1) is 13.8 Å². The number of aliphatic carboxylic acids is 1. The Kier molecular flexibility index (Phi) is 5.54. The van der Waals surface area contributed by atoms with Crippen LogP contribution in [0.5, 0.6) is 0 Å². The van der Waals surface area contributed by atoms with E-state index in [9.17, 15) is 9.59 Å². The zero-order valence-electron chi connectivity index (χ0n) is 13.0. The standard InChI is InChI=1S/C16H18BrN3O3/c1-11-6-12(2)20(18-11)9-15(21)19(10-16(22)23)8-13-4-3-5-14(17)7-13/h3-7H,8-10H2,1-2H3,(H,22,23). The molecule has 2 rings (SSSR count). The van der Waals surface area contributed by atoms with Gasteiger partial charge in [0, 0.05) is 16.7 Å². The van der Waals surface area contributed by atoms with E-state index in [2.05, 4.69) is 21.0 Å². The number of nitrogens with zero attached hydrogens (tertiary/aromatic N) is 3. The number of rotatable bonds is 6. The molecular weight excluding hydrogens is 362 g/mol. The van der Waals surface area contributed by atoms with Crippen molar-refractivity contribution in [2.24, 2.45) is 0 Å². The van der Waals surface area contributed by atoms with Gasteiger partial charge in [-0.05, 0) is 37.6 Å². The second kappa shape index (κ2) is 7.41. The van der Waals surface area contributed by atoms with Crippen LogP contribution in [0.2, 0.25) is 0 Å². The number of hydrogen-bond donors (Lipinski definition) is 1. The molecule has 1 aromatic heterocycles. The summed E-state index contributed by atoms with van der Waals surface area (Å²) in [6, 6.07) is 9.33. The lowest BCUT2D eigenvalue weighted by Gasteiger charge is -2.21. The van der Waals surface area contributed by atoms with Gasteiger partial charge in [-0.15, -0.1) is 0 Å². The van der Waals surface area contributed by atoms with Crippen molar-refractivity contribution in [1.29, 1.82) is 0 Å². The molecule has 0 aliphatic heterocycles. The number of benzene rings is 1. The van der Waals surface area contributed by atoms with E-state index in [4.69, 9.17) is 5.11 Å². The van der Waals surface area contributed by atoms with E-state index in [1.54, 1.807) is 4.68 Å². The molecule has 1 amide bonds. The van der Waals surface area contributed by atoms with Crippen molar-refractivity contribution in [2.45, 2.75) is 26.9 Å². The van der Waals surface area contributed by atoms with Crippen LogP contribution in [0.4, 0.5) is 0 Å². The van der Waals surface area contributed by atoms with Gasteiger partial charge < -0.3 is 10.0 Å². The molecule has 0 fully saturated rings. The highest BCUT2D eigenvalue weighted by Gasteiger charge is 2.19. The number of aromatic nitrogens is 2. The van der Waals surface area contributed by atoms with E-state index < -0.39 is 5.97 Å². The topological polar surface area (TPSA) is 75.4 Å². The van der Waals surface area contributed by atoms with Crippen molar-refractivity contribution in [3.05, 3.63) is 51.8 Å². The first-order valence-corrected chi connectivity index (χ1v) is 7.89. The molecule has 6 nitrogen and oxygen atoms in total. The minimum absolute atomic E-state index is 0.0287. The highest BCUT2D eigenvalue weighted by Crippen LogP contribution is 2.14. The first kappa shape index (κ1) is 17.2. The van der Waals surface area contributed by atoms with Crippen molar-refractivity contribution in [3.8, 4) is 0 Å². The summed E-state index contributed by atoms with van der Waals surface area (Å²) in [4.78, 5) is 24.9. The Bertz CT molecular complexity index is 727. The molecule has 23 heavy (non-hydrogen) atoms. The fourth-order valence-electron chi connectivity index (χ4n) is 2.31. The minimum Gasteiger partial charge on any atom is -0.480 e. The van der Waals surface area contributed by atoms with Crippen LogP contribution in [0.3, 0.4) is 0 Å². The number of carboxylic acid groups (broad SMARTS) is 1. The molecule has 1 heterocycles. The summed E-state index contributed by atoms with van der Waals surface area (Å²) in [5.74, 6) is -1.32.